The molecule has 0 aliphatic carbocycles. The van der Waals surface area contributed by atoms with E-state index in [1.165, 1.54) is 30.0 Å². The number of rotatable bonds is 36. The van der Waals surface area contributed by atoms with Crippen LogP contribution in [-0.4, -0.2) is 321 Å². The molecule has 12 aliphatic heterocycles. The highest BCUT2D eigenvalue weighted by Gasteiger charge is 2.52. The fourth-order valence-electron chi connectivity index (χ4n) is 15.1. The monoisotopic (exact) mass is 2010 g/mol. The van der Waals surface area contributed by atoms with Gasteiger partial charge in [-0.25, -0.2) is 19.6 Å². The SMILES string of the molecule is COP(O)(=S)OC[C@H]1O[C@@H](NC2NC(N)NC(=O)C2N)C[C@H]1OP(O)(=S)OC[C@H]1O[C@@H](N2CCC(N)NC2O)C[C@H]1OP(O)(=S)OC[C@H]1O[C@@H](N2CCC(=O)NC2O)C[C@H]1C.COP(O)(=S)OC[C@H]1O[C@@H](NC2NC(N)NC(=O)C2N)C[C@H]1OP(O)(=S)OC[C@H]1O[C@@H](n2cnc3c2NC(N)NC3=O)C[C@H]1OP(O)(=S)OC[C@H]1O[C@@H](N2C=CC(N)NC2=O)C[C@H]1C. The molecule has 13 rings (SSSR count). The van der Waals surface area contributed by atoms with Gasteiger partial charge in [-0.2, -0.15) is 0 Å². The van der Waals surface area contributed by atoms with Crippen LogP contribution < -0.4 is 98.6 Å². The van der Waals surface area contributed by atoms with Crippen molar-refractivity contribution in [1.82, 2.24) is 77.4 Å². The molecule has 66 heteroatoms. The summed E-state index contributed by atoms with van der Waals surface area (Å²) >= 11 is 31.7. The average Bonchev–Trinajstić information content (AvgIpc) is 1.62. The molecule has 6 amide bonds. The van der Waals surface area contributed by atoms with Gasteiger partial charge in [0.1, 0.15) is 92.3 Å². The number of aliphatic hydroxyl groups excluding tert-OH is 2. The Morgan fingerprint density at radius 2 is 0.904 bits per heavy atom. The molecular formula is C59H109N23O31P6S6. The minimum atomic E-state index is -4.23. The second kappa shape index (κ2) is 43.5. The first-order valence-electron chi connectivity index (χ1n) is 39.1. The highest BCUT2D eigenvalue weighted by atomic mass is 32.5. The van der Waals surface area contributed by atoms with E-state index in [0.29, 0.717) is 32.4 Å². The number of aliphatic hydroxyl groups is 2. The number of hydrogen-bond acceptors (Lipinski definition) is 47. The number of amides is 6. The van der Waals surface area contributed by atoms with Crippen molar-refractivity contribution in [3.63, 3.8) is 0 Å². The number of aromatic nitrogens is 2. The van der Waals surface area contributed by atoms with Gasteiger partial charge in [0.15, 0.2) is 24.7 Å². The van der Waals surface area contributed by atoms with Crippen LogP contribution in [0.3, 0.4) is 0 Å². The van der Waals surface area contributed by atoms with E-state index < -0.39 is 244 Å². The van der Waals surface area contributed by atoms with Crippen molar-refractivity contribution in [3.8, 4) is 0 Å². The quantitative estimate of drug-likeness (QED) is 0.0278. The molecule has 0 aromatic carbocycles. The third-order valence-electron chi connectivity index (χ3n) is 21.7. The number of urea groups is 1. The summed E-state index contributed by atoms with van der Waals surface area (Å²) in [5.74, 6) is -1.78. The smallest absolute Gasteiger partial charge is 0.325 e. The van der Waals surface area contributed by atoms with E-state index in [4.69, 9.17) is 194 Å². The van der Waals surface area contributed by atoms with Crippen molar-refractivity contribution in [3.05, 3.63) is 24.3 Å². The lowest BCUT2D eigenvalue weighted by molar-refractivity contribution is -0.165. The van der Waals surface area contributed by atoms with Crippen LogP contribution in [0.2, 0.25) is 0 Å². The summed E-state index contributed by atoms with van der Waals surface area (Å²) in [5.41, 5.74) is 41.5. The Labute approximate surface area is 746 Å². The normalized spacial score (nSPS) is 40.0. The van der Waals surface area contributed by atoms with Crippen molar-refractivity contribution in [2.45, 2.75) is 232 Å². The summed E-state index contributed by atoms with van der Waals surface area (Å²) in [6.45, 7) is -21.4. The molecular weight excluding hydrogens is 1910 g/mol. The summed E-state index contributed by atoms with van der Waals surface area (Å²) in [6.07, 6.45) is -15.8. The van der Waals surface area contributed by atoms with E-state index in [9.17, 15) is 63.5 Å². The molecule has 12 aliphatic rings. The zero-order chi connectivity index (χ0) is 90.7. The molecule has 0 bridgehead atoms. The largest absolute Gasteiger partial charge is 0.365 e. The Hall–Kier alpha value is -1.80. The zero-order valence-corrected chi connectivity index (χ0v) is 77.4. The third kappa shape index (κ3) is 27.8. The number of carbonyl (C=O) groups excluding carboxylic acids is 5. The molecule has 712 valence electrons. The van der Waals surface area contributed by atoms with Gasteiger partial charge in [-0.3, -0.25) is 72.4 Å². The van der Waals surface area contributed by atoms with Crippen molar-refractivity contribution in [2.24, 2.45) is 52.0 Å². The Bertz CT molecular complexity index is 4300. The lowest BCUT2D eigenvalue weighted by Gasteiger charge is -2.39. The second-order valence-corrected chi connectivity index (χ2v) is 47.7. The first kappa shape index (κ1) is 102. The van der Waals surface area contributed by atoms with Gasteiger partial charge in [0.05, 0.1) is 107 Å². The lowest BCUT2D eigenvalue weighted by Crippen LogP contribution is -2.74. The standard InChI is InChI=1S/C30H52N13O15P3S3.C29H57N10O16P3S3/c1-12-5-20(42-4-3-18(31)36-30(42)46)55-15(12)8-52-60(48,63)58-14-7-21(43-11-35-23-25(43)39-29(34)41-27(23)45)56-17(14)10-53-61(49,64)57-13-6-19(54-16(13)9-51-59(47,62)50-2)37-24-22(32)26(44)40-28(33)38-24;1-13-7-22(39-6-4-20(40)34-29(39)43)52-16(13)10-49-57(45,60)55-15-9-23(38-5-3-19(30)33-28(38)42)53-18(15)12-50-58(46,61)54-14-8-21(51-17(14)11-48-56(44,59)47-2)35-25-24(31)26(41)37-27(32)36-25/h3-4,11-22,24,28-29,37-39H,5-10,31-34H2,1-2H3,(H,36,46)(H,40,44)(H,41,45)(H,47,62)(H,48,63)(H,49,64);13-19,21-25,27-29,33,35-36,42-43H,3-12,30-32H2,1-2H3,(H,34,40)(H,37,41)(H,44,59)(H,45,60)(H,46,61)/t12-,13-,14-,15-,16-,17-,18?,19-,20-,21-,22?,24?,28?,29?,59?,60?,61?;13-,14-,15-,16-,17-,18-,19?,21-,22-,23-,24?,25?,27?,28?,29?,56?,57?,58?/m11/s1. The Kier molecular flexibility index (Phi) is 35.5. The van der Waals surface area contributed by atoms with Crippen LogP contribution in [-0.2, 0) is 168 Å². The molecule has 35 atom stereocenters. The Morgan fingerprint density at radius 1 is 0.488 bits per heavy atom. The van der Waals surface area contributed by atoms with Gasteiger partial charge < -0.3 is 177 Å². The van der Waals surface area contributed by atoms with E-state index in [0.717, 1.165) is 0 Å². The first-order chi connectivity index (χ1) is 58.7. The van der Waals surface area contributed by atoms with Crippen molar-refractivity contribution >= 4 is 147 Å². The van der Waals surface area contributed by atoms with Crippen LogP contribution in [0.1, 0.15) is 81.9 Å². The van der Waals surface area contributed by atoms with Gasteiger partial charge in [-0.05, 0) is 108 Å². The first-order valence-corrected chi connectivity index (χ1v) is 54.6. The third-order valence-corrected chi connectivity index (χ3v) is 31.4. The van der Waals surface area contributed by atoms with Gasteiger partial charge >= 0.3 is 46.3 Å². The predicted molar refractivity (Wildman–Crippen MR) is 452 cm³/mol. The number of anilines is 1. The number of carbonyl (C=O) groups is 5. The van der Waals surface area contributed by atoms with E-state index in [1.807, 2.05) is 13.8 Å². The number of nitrogens with one attached hydrogen (secondary N) is 11. The summed E-state index contributed by atoms with van der Waals surface area (Å²) in [5, 5.41) is 51.3. The predicted octanol–water partition coefficient (Wildman–Crippen LogP) is -8.18. The molecule has 33 N–H and O–H groups in total. The van der Waals surface area contributed by atoms with E-state index >= 15 is 0 Å². The number of nitrogens with zero attached hydrogens (tertiary/aromatic N) is 5. The van der Waals surface area contributed by atoms with Crippen LogP contribution in [0.5, 0.6) is 0 Å². The van der Waals surface area contributed by atoms with Crippen LogP contribution in [0.15, 0.2) is 18.6 Å². The van der Waals surface area contributed by atoms with Crippen LogP contribution in [0, 0.1) is 11.8 Å². The van der Waals surface area contributed by atoms with Crippen LogP contribution >= 0.6 is 40.3 Å². The molecule has 1 aromatic rings. The van der Waals surface area contributed by atoms with E-state index in [2.05, 4.69) is 63.5 Å². The van der Waals surface area contributed by atoms with Gasteiger partial charge in [0, 0.05) is 65.6 Å². The molecule has 0 spiro atoms. The van der Waals surface area contributed by atoms with E-state index in [-0.39, 0.29) is 87.8 Å². The van der Waals surface area contributed by atoms with E-state index in [1.54, 1.807) is 22.1 Å². The maximum Gasteiger partial charge on any atom is 0.325 e. The molecule has 17 unspecified atom stereocenters. The highest BCUT2D eigenvalue weighted by molar-refractivity contribution is 8.08. The molecule has 10 saturated heterocycles. The summed E-state index contributed by atoms with van der Waals surface area (Å²) < 4.78 is 106. The summed E-state index contributed by atoms with van der Waals surface area (Å²) in [6, 6.07) is -2.54. The number of imidazole rings is 1. The van der Waals surface area contributed by atoms with Crippen molar-refractivity contribution < 1.29 is 146 Å². The number of ether oxygens (including phenoxy) is 6. The summed E-state index contributed by atoms with van der Waals surface area (Å²) in [4.78, 5) is 136. The molecule has 0 radical (unpaired) electrons. The molecule has 0 saturated carbocycles. The van der Waals surface area contributed by atoms with Gasteiger partial charge in [-0.1, -0.05) is 13.8 Å². The Balaban J connectivity index is 0.000000228. The zero-order valence-electron chi connectivity index (χ0n) is 67.2. The number of fused-ring (bicyclic) bond motifs is 1. The lowest BCUT2D eigenvalue weighted by atomic mass is 10.0. The number of hydrogen-bond donors (Lipinski definition) is 26. The molecule has 10 fully saturated rings. The fraction of sp³-hybridized carbons (Fsp3) is 0.831. The molecule has 125 heavy (non-hydrogen) atoms. The average molecular weight is 2010 g/mol. The number of nitrogens with two attached hydrogens (primary N) is 7. The van der Waals surface area contributed by atoms with Gasteiger partial charge in [-0.15, -0.1) is 0 Å². The van der Waals surface area contributed by atoms with Crippen LogP contribution in [0.25, 0.3) is 0 Å². The highest BCUT2D eigenvalue weighted by Crippen LogP contribution is 2.56. The Morgan fingerprint density at radius 3 is 1.38 bits per heavy atom. The fourth-order valence-corrected chi connectivity index (χ4v) is 22.3. The summed E-state index contributed by atoms with van der Waals surface area (Å²) in [7, 11) is 2.35. The maximum atomic E-state index is 12.6. The maximum absolute atomic E-state index is 12.6. The van der Waals surface area contributed by atoms with Gasteiger partial charge in [0.2, 0.25) is 17.7 Å². The molecule has 54 nitrogen and oxygen atoms in total. The molecule has 1 aromatic heterocycles. The minimum absolute atomic E-state index is 0.00740. The van der Waals surface area contributed by atoms with Crippen molar-refractivity contribution in [2.75, 3.05) is 72.3 Å². The van der Waals surface area contributed by atoms with Crippen LogP contribution in [0.4, 0.5) is 10.6 Å². The second-order valence-electron chi connectivity index (χ2n) is 30.7. The minimum Gasteiger partial charge on any atom is -0.365 e. The van der Waals surface area contributed by atoms with Gasteiger partial charge in [0.25, 0.3) is 5.91 Å². The topological polar surface area (TPSA) is 755 Å². The molecule has 13 heterocycles. The van der Waals surface area contributed by atoms with Crippen molar-refractivity contribution in [1.29, 1.82) is 0 Å².